The van der Waals surface area contributed by atoms with Crippen molar-refractivity contribution in [3.8, 4) is 0 Å². The van der Waals surface area contributed by atoms with Crippen molar-refractivity contribution in [2.75, 3.05) is 0 Å². The minimum absolute atomic E-state index is 0.199. The summed E-state index contributed by atoms with van der Waals surface area (Å²) in [5.74, 6) is 1.09. The summed E-state index contributed by atoms with van der Waals surface area (Å²) in [6.07, 6.45) is 4.28. The Balaban J connectivity index is 1.65. The molecule has 0 bridgehead atoms. The zero-order valence-electron chi connectivity index (χ0n) is 10.3. The van der Waals surface area contributed by atoms with Crippen LogP contribution in [0.25, 0.3) is 0 Å². The Morgan fingerprint density at radius 1 is 0.889 bits per heavy atom. The lowest BCUT2D eigenvalue weighted by molar-refractivity contribution is 0.141. The molecular weight excluding hydrogens is 220 g/mol. The van der Waals surface area contributed by atoms with Gasteiger partial charge in [-0.2, -0.15) is 0 Å². The molecule has 2 aromatic carbocycles. The van der Waals surface area contributed by atoms with E-state index in [4.69, 9.17) is 4.74 Å². The first-order chi connectivity index (χ1) is 8.92. The van der Waals surface area contributed by atoms with Crippen LogP contribution in [0.5, 0.6) is 0 Å². The number of hydrogen-bond donors (Lipinski definition) is 0. The molecular formula is C17H16O. The summed E-state index contributed by atoms with van der Waals surface area (Å²) in [6, 6.07) is 20.9. The smallest absolute Gasteiger partial charge is 0.127 e. The lowest BCUT2D eigenvalue weighted by Crippen LogP contribution is -1.98. The van der Waals surface area contributed by atoms with E-state index in [1.54, 1.807) is 0 Å². The summed E-state index contributed by atoms with van der Waals surface area (Å²) in [5.41, 5.74) is 2.56. The van der Waals surface area contributed by atoms with Gasteiger partial charge in [0.25, 0.3) is 0 Å². The maximum absolute atomic E-state index is 6.01. The fraction of sp³-hybridized carbons (Fsp3) is 0.176. The first kappa shape index (κ1) is 11.1. The van der Waals surface area contributed by atoms with Crippen molar-refractivity contribution in [2.24, 2.45) is 0 Å². The van der Waals surface area contributed by atoms with E-state index in [0.717, 1.165) is 18.6 Å². The van der Waals surface area contributed by atoms with Crippen LogP contribution in [0.15, 0.2) is 72.5 Å². The van der Waals surface area contributed by atoms with Gasteiger partial charge in [-0.3, -0.25) is 0 Å². The first-order valence-electron chi connectivity index (χ1n) is 6.36. The number of rotatable bonds is 3. The van der Waals surface area contributed by atoms with Crippen LogP contribution in [-0.2, 0) is 11.2 Å². The number of hydrogen-bond acceptors (Lipinski definition) is 1. The minimum atomic E-state index is 0.199. The summed E-state index contributed by atoms with van der Waals surface area (Å²) in [4.78, 5) is 0. The van der Waals surface area contributed by atoms with Crippen molar-refractivity contribution in [2.45, 2.75) is 18.9 Å². The SMILES string of the molecule is C1=C(Cc2ccccc2)OC(c2ccccc2)C1. The van der Waals surface area contributed by atoms with Gasteiger partial charge in [-0.15, -0.1) is 0 Å². The average molecular weight is 236 g/mol. The number of benzene rings is 2. The van der Waals surface area contributed by atoms with Gasteiger partial charge in [-0.1, -0.05) is 60.7 Å². The largest absolute Gasteiger partial charge is 0.490 e. The van der Waals surface area contributed by atoms with Crippen LogP contribution in [0.3, 0.4) is 0 Å². The van der Waals surface area contributed by atoms with E-state index >= 15 is 0 Å². The highest BCUT2D eigenvalue weighted by Crippen LogP contribution is 2.32. The number of allylic oxidation sites excluding steroid dienone is 1. The molecule has 90 valence electrons. The van der Waals surface area contributed by atoms with Crippen molar-refractivity contribution in [3.05, 3.63) is 83.6 Å². The van der Waals surface area contributed by atoms with Crippen molar-refractivity contribution < 1.29 is 4.74 Å². The molecule has 0 N–H and O–H groups in total. The van der Waals surface area contributed by atoms with Gasteiger partial charge >= 0.3 is 0 Å². The van der Waals surface area contributed by atoms with Gasteiger partial charge in [0.2, 0.25) is 0 Å². The second kappa shape index (κ2) is 5.09. The molecule has 3 rings (SSSR count). The lowest BCUT2D eigenvalue weighted by Gasteiger charge is -2.13. The monoisotopic (exact) mass is 236 g/mol. The van der Waals surface area contributed by atoms with Gasteiger partial charge in [0.05, 0.1) is 5.76 Å². The van der Waals surface area contributed by atoms with Crippen LogP contribution in [0.4, 0.5) is 0 Å². The summed E-state index contributed by atoms with van der Waals surface area (Å²) in [5, 5.41) is 0. The highest BCUT2D eigenvalue weighted by molar-refractivity contribution is 5.24. The Hall–Kier alpha value is -2.02. The molecule has 1 unspecified atom stereocenters. The molecule has 0 saturated carbocycles. The fourth-order valence-electron chi connectivity index (χ4n) is 2.30. The van der Waals surface area contributed by atoms with Crippen molar-refractivity contribution in [3.63, 3.8) is 0 Å². The van der Waals surface area contributed by atoms with Gasteiger partial charge < -0.3 is 4.74 Å². The molecule has 0 aromatic heterocycles. The molecule has 1 heterocycles. The van der Waals surface area contributed by atoms with E-state index in [-0.39, 0.29) is 6.10 Å². The van der Waals surface area contributed by atoms with Gasteiger partial charge in [0, 0.05) is 12.8 Å². The Morgan fingerprint density at radius 2 is 1.56 bits per heavy atom. The summed E-state index contributed by atoms with van der Waals surface area (Å²) in [6.45, 7) is 0. The second-order valence-electron chi connectivity index (χ2n) is 4.59. The molecule has 1 heteroatoms. The molecule has 1 atom stereocenters. The van der Waals surface area contributed by atoms with Crippen LogP contribution in [0, 0.1) is 0 Å². The second-order valence-corrected chi connectivity index (χ2v) is 4.59. The van der Waals surface area contributed by atoms with Crippen molar-refractivity contribution in [1.82, 2.24) is 0 Å². The van der Waals surface area contributed by atoms with Gasteiger partial charge in [-0.25, -0.2) is 0 Å². The van der Waals surface area contributed by atoms with Crippen molar-refractivity contribution >= 4 is 0 Å². The van der Waals surface area contributed by atoms with E-state index in [0.29, 0.717) is 0 Å². The van der Waals surface area contributed by atoms with Crippen LogP contribution < -0.4 is 0 Å². The molecule has 0 amide bonds. The Bertz CT molecular complexity index is 528. The molecule has 1 aliphatic rings. The maximum atomic E-state index is 6.01. The first-order valence-corrected chi connectivity index (χ1v) is 6.36. The molecule has 1 aliphatic heterocycles. The average Bonchev–Trinajstić information content (AvgIpc) is 2.89. The van der Waals surface area contributed by atoms with E-state index in [1.807, 2.05) is 12.1 Å². The van der Waals surface area contributed by atoms with E-state index in [2.05, 4.69) is 54.6 Å². The standard InChI is InChI=1S/C17H16O/c1-3-7-14(8-4-1)13-16-11-12-17(18-16)15-9-5-2-6-10-15/h1-11,17H,12-13H2. The van der Waals surface area contributed by atoms with Gasteiger partial charge in [-0.05, 0) is 17.2 Å². The normalized spacial score (nSPS) is 18.2. The highest BCUT2D eigenvalue weighted by atomic mass is 16.5. The number of ether oxygens (including phenoxy) is 1. The molecule has 18 heavy (non-hydrogen) atoms. The van der Waals surface area contributed by atoms with Crippen LogP contribution in [0.1, 0.15) is 23.7 Å². The lowest BCUT2D eigenvalue weighted by atomic mass is 10.1. The van der Waals surface area contributed by atoms with Gasteiger partial charge in [0.1, 0.15) is 6.10 Å². The zero-order chi connectivity index (χ0) is 12.2. The molecule has 2 aromatic rings. The van der Waals surface area contributed by atoms with Crippen LogP contribution in [-0.4, -0.2) is 0 Å². The summed E-state index contributed by atoms with van der Waals surface area (Å²) < 4.78 is 6.01. The molecule has 0 saturated heterocycles. The quantitative estimate of drug-likeness (QED) is 0.773. The van der Waals surface area contributed by atoms with E-state index in [1.165, 1.54) is 11.1 Å². The third-order valence-corrected chi connectivity index (χ3v) is 3.25. The molecule has 0 spiro atoms. The third-order valence-electron chi connectivity index (χ3n) is 3.25. The Kier molecular flexibility index (Phi) is 3.14. The predicted octanol–water partition coefficient (Wildman–Crippen LogP) is 4.27. The molecule has 0 aliphatic carbocycles. The molecule has 0 fully saturated rings. The predicted molar refractivity (Wildman–Crippen MR) is 73.1 cm³/mol. The topological polar surface area (TPSA) is 9.23 Å². The van der Waals surface area contributed by atoms with E-state index < -0.39 is 0 Å². The maximum Gasteiger partial charge on any atom is 0.127 e. The fourth-order valence-corrected chi connectivity index (χ4v) is 2.30. The third kappa shape index (κ3) is 2.45. The highest BCUT2D eigenvalue weighted by Gasteiger charge is 2.19. The molecule has 1 nitrogen and oxygen atoms in total. The minimum Gasteiger partial charge on any atom is -0.490 e. The van der Waals surface area contributed by atoms with Gasteiger partial charge in [0.15, 0.2) is 0 Å². The molecule has 0 radical (unpaired) electrons. The van der Waals surface area contributed by atoms with Crippen LogP contribution >= 0.6 is 0 Å². The summed E-state index contributed by atoms with van der Waals surface area (Å²) >= 11 is 0. The summed E-state index contributed by atoms with van der Waals surface area (Å²) in [7, 11) is 0. The zero-order valence-corrected chi connectivity index (χ0v) is 10.3. The Morgan fingerprint density at radius 3 is 2.28 bits per heavy atom. The Labute approximate surface area is 108 Å². The van der Waals surface area contributed by atoms with Crippen LogP contribution in [0.2, 0.25) is 0 Å². The van der Waals surface area contributed by atoms with E-state index in [9.17, 15) is 0 Å². The van der Waals surface area contributed by atoms with Crippen molar-refractivity contribution in [1.29, 1.82) is 0 Å².